The lowest BCUT2D eigenvalue weighted by atomic mass is 10.1. The number of aromatic nitrogens is 2. The Morgan fingerprint density at radius 1 is 1.29 bits per heavy atom. The van der Waals surface area contributed by atoms with Crippen molar-refractivity contribution in [2.45, 2.75) is 39.2 Å². The van der Waals surface area contributed by atoms with Crippen molar-refractivity contribution in [2.24, 2.45) is 0 Å². The molecule has 1 N–H and O–H groups in total. The average Bonchev–Trinajstić information content (AvgIpc) is 2.79. The second-order valence-electron chi connectivity index (χ2n) is 5.08. The van der Waals surface area contributed by atoms with Crippen LogP contribution in [0, 0.1) is 0 Å². The van der Waals surface area contributed by atoms with E-state index in [1.54, 1.807) is 0 Å². The molecular formula is C13H24N4. The van der Waals surface area contributed by atoms with Crippen molar-refractivity contribution >= 4 is 5.95 Å². The summed E-state index contributed by atoms with van der Waals surface area (Å²) in [4.78, 5) is 6.89. The highest BCUT2D eigenvalue weighted by atomic mass is 15.2. The molecule has 1 aliphatic rings. The molecule has 2 rings (SSSR count). The van der Waals surface area contributed by atoms with Crippen molar-refractivity contribution in [1.82, 2.24) is 14.5 Å². The van der Waals surface area contributed by atoms with Gasteiger partial charge >= 0.3 is 0 Å². The molecule has 4 nitrogen and oxygen atoms in total. The van der Waals surface area contributed by atoms with Gasteiger partial charge in [-0.3, -0.25) is 0 Å². The van der Waals surface area contributed by atoms with Crippen LogP contribution < -0.4 is 5.32 Å². The largest absolute Gasteiger partial charge is 0.354 e. The number of rotatable bonds is 5. The van der Waals surface area contributed by atoms with Crippen LogP contribution in [-0.4, -0.2) is 40.6 Å². The maximum absolute atomic E-state index is 4.35. The van der Waals surface area contributed by atoms with Gasteiger partial charge in [0.1, 0.15) is 0 Å². The zero-order valence-electron chi connectivity index (χ0n) is 11.0. The molecule has 1 aliphatic heterocycles. The summed E-state index contributed by atoms with van der Waals surface area (Å²) in [5, 5.41) is 3.43. The molecule has 0 radical (unpaired) electrons. The predicted molar refractivity (Wildman–Crippen MR) is 71.4 cm³/mol. The van der Waals surface area contributed by atoms with Gasteiger partial charge in [-0.05, 0) is 39.8 Å². The molecule has 96 valence electrons. The first-order chi connectivity index (χ1) is 8.27. The maximum Gasteiger partial charge on any atom is 0.203 e. The summed E-state index contributed by atoms with van der Waals surface area (Å²) in [6, 6.07) is 0.468. The van der Waals surface area contributed by atoms with Gasteiger partial charge in [-0.25, -0.2) is 4.98 Å². The molecule has 2 heterocycles. The number of likely N-dealkylation sites (tertiary alicyclic amines) is 1. The van der Waals surface area contributed by atoms with Gasteiger partial charge in [-0.1, -0.05) is 6.42 Å². The van der Waals surface area contributed by atoms with Crippen molar-refractivity contribution in [2.75, 3.05) is 31.5 Å². The summed E-state index contributed by atoms with van der Waals surface area (Å²) >= 11 is 0. The van der Waals surface area contributed by atoms with E-state index in [1.807, 2.05) is 12.4 Å². The van der Waals surface area contributed by atoms with Crippen LogP contribution in [0.1, 0.15) is 39.2 Å². The molecular weight excluding hydrogens is 212 g/mol. The molecule has 0 unspecified atom stereocenters. The first-order valence-corrected chi connectivity index (χ1v) is 6.76. The van der Waals surface area contributed by atoms with E-state index in [1.165, 1.54) is 32.4 Å². The van der Waals surface area contributed by atoms with Crippen LogP contribution in [0.15, 0.2) is 12.4 Å². The van der Waals surface area contributed by atoms with Crippen LogP contribution >= 0.6 is 0 Å². The van der Waals surface area contributed by atoms with E-state index in [9.17, 15) is 0 Å². The molecule has 0 aliphatic carbocycles. The Morgan fingerprint density at radius 2 is 2.06 bits per heavy atom. The average molecular weight is 236 g/mol. The summed E-state index contributed by atoms with van der Waals surface area (Å²) in [6.07, 6.45) is 8.03. The topological polar surface area (TPSA) is 33.1 Å². The number of hydrogen-bond acceptors (Lipinski definition) is 3. The van der Waals surface area contributed by atoms with Crippen molar-refractivity contribution in [3.8, 4) is 0 Å². The molecule has 1 fully saturated rings. The van der Waals surface area contributed by atoms with Crippen LogP contribution in [0.2, 0.25) is 0 Å². The molecule has 1 aromatic heterocycles. The number of hydrogen-bond donors (Lipinski definition) is 1. The number of nitrogens with one attached hydrogen (secondary N) is 1. The first-order valence-electron chi connectivity index (χ1n) is 6.76. The lowest BCUT2D eigenvalue weighted by molar-refractivity contribution is 0.237. The fraction of sp³-hybridized carbons (Fsp3) is 0.769. The molecule has 0 bridgehead atoms. The third-order valence-corrected chi connectivity index (χ3v) is 3.38. The van der Waals surface area contributed by atoms with E-state index in [2.05, 4.69) is 33.6 Å². The standard InChI is InChI=1S/C13H24N4/c1-12(2)17-11-7-15-13(17)14-6-10-16-8-4-3-5-9-16/h7,11-12H,3-6,8-10H2,1-2H3,(H,14,15). The minimum absolute atomic E-state index is 0.468. The SMILES string of the molecule is CC(C)n1ccnc1NCCN1CCCCC1. The normalized spacial score (nSPS) is 17.6. The second-order valence-corrected chi connectivity index (χ2v) is 5.08. The lowest BCUT2D eigenvalue weighted by Gasteiger charge is -2.26. The highest BCUT2D eigenvalue weighted by Crippen LogP contribution is 2.12. The van der Waals surface area contributed by atoms with Gasteiger partial charge in [0.15, 0.2) is 0 Å². The van der Waals surface area contributed by atoms with Crippen LogP contribution in [0.5, 0.6) is 0 Å². The van der Waals surface area contributed by atoms with Crippen molar-refractivity contribution in [3.63, 3.8) is 0 Å². The highest BCUT2D eigenvalue weighted by Gasteiger charge is 2.10. The Hall–Kier alpha value is -1.03. The van der Waals surface area contributed by atoms with Crippen LogP contribution in [0.3, 0.4) is 0 Å². The van der Waals surface area contributed by atoms with E-state index in [0.29, 0.717) is 6.04 Å². The monoisotopic (exact) mass is 236 g/mol. The maximum atomic E-state index is 4.35. The summed E-state index contributed by atoms with van der Waals surface area (Å²) in [7, 11) is 0. The quantitative estimate of drug-likeness (QED) is 0.852. The fourth-order valence-electron chi connectivity index (χ4n) is 2.38. The van der Waals surface area contributed by atoms with Gasteiger partial charge in [0, 0.05) is 31.5 Å². The number of nitrogens with zero attached hydrogens (tertiary/aromatic N) is 3. The Kier molecular flexibility index (Phi) is 4.42. The highest BCUT2D eigenvalue weighted by molar-refractivity contribution is 5.26. The number of imidazole rings is 1. The molecule has 0 saturated carbocycles. The lowest BCUT2D eigenvalue weighted by Crippen LogP contribution is -2.34. The van der Waals surface area contributed by atoms with Crippen molar-refractivity contribution in [1.29, 1.82) is 0 Å². The molecule has 0 spiro atoms. The van der Waals surface area contributed by atoms with Gasteiger partial charge in [0.05, 0.1) is 0 Å². The zero-order chi connectivity index (χ0) is 12.1. The molecule has 1 saturated heterocycles. The Morgan fingerprint density at radius 3 is 2.76 bits per heavy atom. The van der Waals surface area contributed by atoms with Gasteiger partial charge < -0.3 is 14.8 Å². The Balaban J connectivity index is 1.75. The van der Waals surface area contributed by atoms with E-state index in [4.69, 9.17) is 0 Å². The van der Waals surface area contributed by atoms with E-state index >= 15 is 0 Å². The van der Waals surface area contributed by atoms with E-state index < -0.39 is 0 Å². The Bertz CT molecular complexity index is 326. The molecule has 17 heavy (non-hydrogen) atoms. The first kappa shape index (κ1) is 12.4. The number of anilines is 1. The summed E-state index contributed by atoms with van der Waals surface area (Å²) in [5.41, 5.74) is 0. The van der Waals surface area contributed by atoms with Gasteiger partial charge in [0.25, 0.3) is 0 Å². The van der Waals surface area contributed by atoms with Gasteiger partial charge in [-0.15, -0.1) is 0 Å². The summed E-state index contributed by atoms with van der Waals surface area (Å²) in [5.74, 6) is 0.997. The van der Waals surface area contributed by atoms with Crippen LogP contribution in [-0.2, 0) is 0 Å². The smallest absolute Gasteiger partial charge is 0.203 e. The van der Waals surface area contributed by atoms with E-state index in [0.717, 1.165) is 19.0 Å². The van der Waals surface area contributed by atoms with E-state index in [-0.39, 0.29) is 0 Å². The fourth-order valence-corrected chi connectivity index (χ4v) is 2.38. The van der Waals surface area contributed by atoms with Crippen molar-refractivity contribution < 1.29 is 0 Å². The number of piperidine rings is 1. The summed E-state index contributed by atoms with van der Waals surface area (Å²) in [6.45, 7) is 9.00. The molecule has 0 aromatic carbocycles. The second kappa shape index (κ2) is 6.05. The third-order valence-electron chi connectivity index (χ3n) is 3.38. The van der Waals surface area contributed by atoms with Gasteiger partial charge in [0.2, 0.25) is 5.95 Å². The minimum Gasteiger partial charge on any atom is -0.354 e. The Labute approximate surface area is 104 Å². The minimum atomic E-state index is 0.468. The van der Waals surface area contributed by atoms with Gasteiger partial charge in [-0.2, -0.15) is 0 Å². The summed E-state index contributed by atoms with van der Waals surface area (Å²) < 4.78 is 2.18. The third kappa shape index (κ3) is 3.46. The molecule has 0 amide bonds. The predicted octanol–water partition coefficient (Wildman–Crippen LogP) is 2.36. The van der Waals surface area contributed by atoms with Crippen LogP contribution in [0.4, 0.5) is 5.95 Å². The molecule has 1 aromatic rings. The van der Waals surface area contributed by atoms with Crippen LogP contribution in [0.25, 0.3) is 0 Å². The molecule has 0 atom stereocenters. The molecule has 4 heteroatoms. The van der Waals surface area contributed by atoms with Crippen molar-refractivity contribution in [3.05, 3.63) is 12.4 Å². The zero-order valence-corrected chi connectivity index (χ0v) is 11.0.